The zero-order valence-electron chi connectivity index (χ0n) is 20.1. The highest BCUT2D eigenvalue weighted by molar-refractivity contribution is 8.09. The highest BCUT2D eigenvalue weighted by Gasteiger charge is 2.33. The van der Waals surface area contributed by atoms with Crippen LogP contribution in [-0.2, 0) is 20.0 Å². The van der Waals surface area contributed by atoms with E-state index in [0.29, 0.717) is 12.5 Å². The van der Waals surface area contributed by atoms with Gasteiger partial charge in [-0.3, -0.25) is 4.90 Å². The average molecular weight is 575 g/mol. The standard InChI is InChI=1S/C20H20F2N6O8S2/c1-11(2)25(19(31)27-20(32)26(23-24-27)17-14(21)6-5-7-15(17)22)12-8-9-16(13(10-12)18(29)30)28(37(3,33)34)38(4,35)36/h5-11H,1-4H3,(H,29,30). The Morgan fingerprint density at radius 3 is 2.00 bits per heavy atom. The summed E-state index contributed by atoms with van der Waals surface area (Å²) in [6.07, 6.45) is 1.12. The van der Waals surface area contributed by atoms with Crippen molar-refractivity contribution in [2.24, 2.45) is 0 Å². The van der Waals surface area contributed by atoms with Crippen molar-refractivity contribution in [1.29, 1.82) is 0 Å². The van der Waals surface area contributed by atoms with Gasteiger partial charge in [0, 0.05) is 11.7 Å². The lowest BCUT2D eigenvalue weighted by Crippen LogP contribution is -2.45. The lowest BCUT2D eigenvalue weighted by atomic mass is 10.1. The molecular weight excluding hydrogens is 554 g/mol. The van der Waals surface area contributed by atoms with Crippen LogP contribution in [-0.4, -0.2) is 72.3 Å². The van der Waals surface area contributed by atoms with Gasteiger partial charge in [-0.25, -0.2) is 40.0 Å². The van der Waals surface area contributed by atoms with E-state index in [2.05, 4.69) is 10.4 Å². The number of rotatable bonds is 7. The minimum absolute atomic E-state index is 0.0756. The lowest BCUT2D eigenvalue weighted by Gasteiger charge is -2.27. The first kappa shape index (κ1) is 28.4. The Hall–Kier alpha value is -4.19. The van der Waals surface area contributed by atoms with Crippen LogP contribution in [0, 0.1) is 11.6 Å². The number of carboxylic acids is 1. The van der Waals surface area contributed by atoms with Gasteiger partial charge in [0.05, 0.1) is 23.8 Å². The maximum absolute atomic E-state index is 14.2. The number of halogens is 2. The molecule has 38 heavy (non-hydrogen) atoms. The molecule has 1 heterocycles. The molecule has 0 aliphatic heterocycles. The summed E-state index contributed by atoms with van der Waals surface area (Å²) in [5, 5.41) is 16.4. The minimum Gasteiger partial charge on any atom is -0.478 e. The molecule has 1 aromatic heterocycles. The van der Waals surface area contributed by atoms with Crippen LogP contribution in [0.3, 0.4) is 0 Å². The first-order valence-electron chi connectivity index (χ1n) is 10.4. The summed E-state index contributed by atoms with van der Waals surface area (Å²) < 4.78 is 77.3. The predicted molar refractivity (Wildman–Crippen MR) is 130 cm³/mol. The van der Waals surface area contributed by atoms with E-state index in [1.807, 2.05) is 0 Å². The quantitative estimate of drug-likeness (QED) is 0.400. The summed E-state index contributed by atoms with van der Waals surface area (Å²) in [7, 11) is -9.01. The molecule has 0 radical (unpaired) electrons. The minimum atomic E-state index is -4.50. The number of sulfonamides is 2. The molecule has 18 heteroatoms. The molecule has 14 nitrogen and oxygen atoms in total. The average Bonchev–Trinajstić information content (AvgIpc) is 3.13. The molecule has 0 saturated carbocycles. The number of carboxylic acid groups (broad SMARTS) is 1. The monoisotopic (exact) mass is 574 g/mol. The molecule has 1 N–H and O–H groups in total. The molecule has 0 bridgehead atoms. The van der Waals surface area contributed by atoms with Crippen molar-refractivity contribution in [1.82, 2.24) is 19.8 Å². The van der Waals surface area contributed by atoms with Crippen LogP contribution in [0.15, 0.2) is 41.2 Å². The molecule has 0 atom stereocenters. The number of aromatic carboxylic acids is 1. The third kappa shape index (κ3) is 5.25. The van der Waals surface area contributed by atoms with Gasteiger partial charge in [0.2, 0.25) is 20.0 Å². The third-order valence-electron chi connectivity index (χ3n) is 4.92. The molecule has 0 unspecified atom stereocenters. The second-order valence-corrected chi connectivity index (χ2v) is 12.0. The van der Waals surface area contributed by atoms with Crippen LogP contribution in [0.2, 0.25) is 0 Å². The third-order valence-corrected chi connectivity index (χ3v) is 8.15. The van der Waals surface area contributed by atoms with E-state index in [9.17, 15) is 45.1 Å². The van der Waals surface area contributed by atoms with E-state index in [1.165, 1.54) is 13.8 Å². The molecule has 0 aliphatic carbocycles. The van der Waals surface area contributed by atoms with Gasteiger partial charge in [0.15, 0.2) is 11.6 Å². The molecule has 3 aromatic rings. The number of nitrogens with zero attached hydrogens (tertiary/aromatic N) is 6. The Balaban J connectivity index is 2.17. The molecular formula is C20H20F2N6O8S2. The highest BCUT2D eigenvalue weighted by Crippen LogP contribution is 2.31. The van der Waals surface area contributed by atoms with Gasteiger partial charge in [-0.05, 0) is 54.6 Å². The number of hydrogen-bond donors (Lipinski definition) is 1. The zero-order valence-corrected chi connectivity index (χ0v) is 21.7. The largest absolute Gasteiger partial charge is 0.478 e. The number of amides is 1. The summed E-state index contributed by atoms with van der Waals surface area (Å²) >= 11 is 0. The molecule has 0 saturated heterocycles. The van der Waals surface area contributed by atoms with Crippen LogP contribution < -0.4 is 14.3 Å². The fourth-order valence-electron chi connectivity index (χ4n) is 3.54. The maximum atomic E-state index is 14.2. The topological polar surface area (TPSA) is 182 Å². The Labute approximate surface area is 214 Å². The van der Waals surface area contributed by atoms with Gasteiger partial charge in [-0.15, -0.1) is 4.68 Å². The van der Waals surface area contributed by atoms with Crippen molar-refractivity contribution < 1.29 is 40.3 Å². The normalized spacial score (nSPS) is 12.0. The molecule has 0 spiro atoms. The van der Waals surface area contributed by atoms with Gasteiger partial charge in [0.1, 0.15) is 5.69 Å². The molecule has 204 valence electrons. The SMILES string of the molecule is CC(C)N(C(=O)n1nnn(-c2c(F)cccc2F)c1=O)c1ccc(N(S(C)(=O)=O)S(C)(=O)=O)c(C(=O)O)c1. The highest BCUT2D eigenvalue weighted by atomic mass is 32.3. The summed E-state index contributed by atoms with van der Waals surface area (Å²) in [5.74, 6) is -4.04. The van der Waals surface area contributed by atoms with Crippen molar-refractivity contribution in [3.63, 3.8) is 0 Å². The fraction of sp³-hybridized carbons (Fsp3) is 0.250. The van der Waals surface area contributed by atoms with Crippen molar-refractivity contribution >= 4 is 43.4 Å². The van der Waals surface area contributed by atoms with Crippen molar-refractivity contribution in [2.75, 3.05) is 21.1 Å². The first-order chi connectivity index (χ1) is 17.5. The van der Waals surface area contributed by atoms with E-state index in [0.717, 1.165) is 41.3 Å². The van der Waals surface area contributed by atoms with Crippen molar-refractivity contribution in [3.8, 4) is 5.69 Å². The molecule has 0 aliphatic rings. The van der Waals surface area contributed by atoms with E-state index in [-0.39, 0.29) is 18.8 Å². The number of carbonyl (C=O) groups is 2. The second-order valence-electron chi connectivity index (χ2n) is 8.13. The Bertz CT molecular complexity index is 1660. The molecule has 3 rings (SSSR count). The van der Waals surface area contributed by atoms with E-state index >= 15 is 0 Å². The van der Waals surface area contributed by atoms with Crippen molar-refractivity contribution in [3.05, 3.63) is 64.1 Å². The summed E-state index contributed by atoms with van der Waals surface area (Å²) in [6.45, 7) is 2.94. The molecule has 1 amide bonds. The van der Waals surface area contributed by atoms with Crippen LogP contribution in [0.25, 0.3) is 5.69 Å². The van der Waals surface area contributed by atoms with Crippen LogP contribution >= 0.6 is 0 Å². The predicted octanol–water partition coefficient (Wildman–Crippen LogP) is 1.01. The number of carbonyl (C=O) groups excluding carboxylic acids is 1. The lowest BCUT2D eigenvalue weighted by molar-refractivity contribution is 0.0698. The number of aromatic nitrogens is 4. The van der Waals surface area contributed by atoms with Gasteiger partial charge in [-0.1, -0.05) is 6.07 Å². The van der Waals surface area contributed by atoms with Crippen LogP contribution in [0.4, 0.5) is 25.0 Å². The summed E-state index contributed by atoms with van der Waals surface area (Å²) in [6, 6.07) is 3.50. The number of tetrazole rings is 1. The Morgan fingerprint density at radius 1 is 0.974 bits per heavy atom. The van der Waals surface area contributed by atoms with E-state index in [4.69, 9.17) is 0 Å². The van der Waals surface area contributed by atoms with Crippen molar-refractivity contribution in [2.45, 2.75) is 19.9 Å². The number of anilines is 2. The Kier molecular flexibility index (Phi) is 7.42. The second kappa shape index (κ2) is 9.93. The van der Waals surface area contributed by atoms with Gasteiger partial charge >= 0.3 is 17.7 Å². The van der Waals surface area contributed by atoms with Crippen LogP contribution in [0.5, 0.6) is 0 Å². The maximum Gasteiger partial charge on any atom is 0.377 e. The number of benzene rings is 2. The summed E-state index contributed by atoms with van der Waals surface area (Å²) in [5.41, 5.74) is -3.96. The van der Waals surface area contributed by atoms with Gasteiger partial charge in [0.25, 0.3) is 0 Å². The smallest absolute Gasteiger partial charge is 0.377 e. The zero-order chi connectivity index (χ0) is 28.7. The number of hydrogen-bond acceptors (Lipinski definition) is 9. The fourth-order valence-corrected chi connectivity index (χ4v) is 6.54. The first-order valence-corrected chi connectivity index (χ1v) is 14.1. The summed E-state index contributed by atoms with van der Waals surface area (Å²) in [4.78, 5) is 38.9. The van der Waals surface area contributed by atoms with E-state index in [1.54, 1.807) is 0 Å². The number of para-hydroxylation sites is 1. The molecule has 2 aromatic carbocycles. The molecule has 0 fully saturated rings. The van der Waals surface area contributed by atoms with E-state index < -0.39 is 72.4 Å². The Morgan fingerprint density at radius 2 is 1.53 bits per heavy atom. The van der Waals surface area contributed by atoms with Crippen LogP contribution in [0.1, 0.15) is 24.2 Å². The van der Waals surface area contributed by atoms with Gasteiger partial charge in [-0.2, -0.15) is 8.39 Å². The van der Waals surface area contributed by atoms with Gasteiger partial charge < -0.3 is 5.11 Å².